The molecule has 0 saturated carbocycles. The molecule has 1 atom stereocenters. The molecule has 1 rings (SSSR count). The van der Waals surface area contributed by atoms with Crippen molar-refractivity contribution in [1.82, 2.24) is 5.32 Å². The van der Waals surface area contributed by atoms with Crippen molar-refractivity contribution in [3.05, 3.63) is 34.1 Å². The van der Waals surface area contributed by atoms with Crippen LogP contribution < -0.4 is 10.6 Å². The zero-order chi connectivity index (χ0) is 18.5. The zero-order valence-corrected chi connectivity index (χ0v) is 13.6. The molecule has 24 heavy (non-hydrogen) atoms. The highest BCUT2D eigenvalue weighted by Gasteiger charge is 2.22. The summed E-state index contributed by atoms with van der Waals surface area (Å²) in [6.45, 7) is 5.61. The maximum absolute atomic E-state index is 13.2. The van der Waals surface area contributed by atoms with Gasteiger partial charge in [-0.2, -0.15) is 4.39 Å². The standard InChI is InChI=1S/C15H20FN3O5/c1-15(2,3)12(20)6-7-17-13(21)14(22)18-9-4-5-10(16)11(8-9)19(23)24/h4-5,8,12,20H,6-7H2,1-3H3,(H,17,21)(H,18,22). The molecule has 0 fully saturated rings. The number of nitrogens with zero attached hydrogens (tertiary/aromatic N) is 1. The van der Waals surface area contributed by atoms with Gasteiger partial charge in [-0.15, -0.1) is 0 Å². The van der Waals surface area contributed by atoms with Gasteiger partial charge in [-0.25, -0.2) is 0 Å². The quantitative estimate of drug-likeness (QED) is 0.426. The van der Waals surface area contributed by atoms with Crippen LogP contribution in [0.2, 0.25) is 0 Å². The van der Waals surface area contributed by atoms with E-state index >= 15 is 0 Å². The van der Waals surface area contributed by atoms with Crippen LogP contribution in [-0.4, -0.2) is 34.5 Å². The Balaban J connectivity index is 2.57. The summed E-state index contributed by atoms with van der Waals surface area (Å²) in [5, 5.41) is 24.9. The van der Waals surface area contributed by atoms with Crippen LogP contribution in [-0.2, 0) is 9.59 Å². The van der Waals surface area contributed by atoms with Crippen LogP contribution in [0.15, 0.2) is 18.2 Å². The summed E-state index contributed by atoms with van der Waals surface area (Å²) in [4.78, 5) is 33.1. The molecule has 0 aromatic heterocycles. The van der Waals surface area contributed by atoms with E-state index < -0.39 is 34.3 Å². The van der Waals surface area contributed by atoms with Crippen LogP contribution in [0.4, 0.5) is 15.8 Å². The van der Waals surface area contributed by atoms with E-state index in [2.05, 4.69) is 10.6 Å². The molecular formula is C15H20FN3O5. The average molecular weight is 341 g/mol. The van der Waals surface area contributed by atoms with E-state index in [0.717, 1.165) is 18.2 Å². The van der Waals surface area contributed by atoms with Crippen molar-refractivity contribution in [2.75, 3.05) is 11.9 Å². The van der Waals surface area contributed by atoms with Gasteiger partial charge in [0.1, 0.15) is 0 Å². The van der Waals surface area contributed by atoms with Gasteiger partial charge in [0, 0.05) is 18.3 Å². The molecule has 1 aromatic rings. The molecule has 0 aliphatic carbocycles. The fourth-order valence-electron chi connectivity index (χ4n) is 1.75. The molecule has 0 radical (unpaired) electrons. The number of carbonyl (C=O) groups is 2. The predicted molar refractivity (Wildman–Crippen MR) is 84.8 cm³/mol. The predicted octanol–water partition coefficient (Wildman–Crippen LogP) is 1.59. The molecule has 0 aliphatic heterocycles. The minimum absolute atomic E-state index is 0.0713. The number of halogens is 1. The first-order valence-corrected chi connectivity index (χ1v) is 7.23. The Morgan fingerprint density at radius 2 is 1.96 bits per heavy atom. The average Bonchev–Trinajstić information content (AvgIpc) is 2.47. The van der Waals surface area contributed by atoms with E-state index in [0.29, 0.717) is 0 Å². The molecule has 0 aliphatic rings. The number of nitrogens with one attached hydrogen (secondary N) is 2. The van der Waals surface area contributed by atoms with Crippen molar-refractivity contribution >= 4 is 23.2 Å². The first kappa shape index (κ1) is 19.5. The summed E-state index contributed by atoms with van der Waals surface area (Å²) >= 11 is 0. The molecule has 0 spiro atoms. The number of nitro groups is 1. The van der Waals surface area contributed by atoms with Crippen LogP contribution in [0.5, 0.6) is 0 Å². The van der Waals surface area contributed by atoms with Crippen LogP contribution in [0.3, 0.4) is 0 Å². The summed E-state index contributed by atoms with van der Waals surface area (Å²) in [5.41, 5.74) is -1.22. The monoisotopic (exact) mass is 341 g/mol. The number of anilines is 1. The van der Waals surface area contributed by atoms with Crippen LogP contribution in [0.25, 0.3) is 0 Å². The summed E-state index contributed by atoms with van der Waals surface area (Å²) in [6.07, 6.45) is -0.384. The first-order valence-electron chi connectivity index (χ1n) is 7.23. The molecule has 1 unspecified atom stereocenters. The van der Waals surface area contributed by atoms with Crippen LogP contribution in [0, 0.1) is 21.3 Å². The van der Waals surface area contributed by atoms with Crippen LogP contribution in [0.1, 0.15) is 27.2 Å². The number of hydrogen-bond donors (Lipinski definition) is 3. The lowest BCUT2D eigenvalue weighted by atomic mass is 9.87. The van der Waals surface area contributed by atoms with E-state index in [4.69, 9.17) is 0 Å². The number of carbonyl (C=O) groups excluding carboxylic acids is 2. The molecule has 0 bridgehead atoms. The number of aliphatic hydroxyl groups excluding tert-OH is 1. The van der Waals surface area contributed by atoms with Crippen molar-refractivity contribution in [2.45, 2.75) is 33.3 Å². The molecule has 1 aromatic carbocycles. The summed E-state index contributed by atoms with van der Waals surface area (Å²) in [7, 11) is 0. The van der Waals surface area contributed by atoms with Crippen molar-refractivity contribution < 1.29 is 24.0 Å². The number of rotatable bonds is 5. The number of benzene rings is 1. The Morgan fingerprint density at radius 3 is 2.50 bits per heavy atom. The van der Waals surface area contributed by atoms with Gasteiger partial charge in [-0.1, -0.05) is 20.8 Å². The number of nitro benzene ring substituents is 1. The minimum atomic E-state index is -1.04. The molecule has 0 saturated heterocycles. The zero-order valence-electron chi connectivity index (χ0n) is 13.6. The maximum Gasteiger partial charge on any atom is 0.313 e. The molecule has 9 heteroatoms. The Bertz CT molecular complexity index is 642. The third-order valence-electron chi connectivity index (χ3n) is 3.31. The lowest BCUT2D eigenvalue weighted by Crippen LogP contribution is -2.38. The molecule has 2 amide bonds. The largest absolute Gasteiger partial charge is 0.393 e. The first-order chi connectivity index (χ1) is 11.0. The van der Waals surface area contributed by atoms with Crippen molar-refractivity contribution in [1.29, 1.82) is 0 Å². The van der Waals surface area contributed by atoms with Gasteiger partial charge >= 0.3 is 17.5 Å². The molecular weight excluding hydrogens is 321 g/mol. The van der Waals surface area contributed by atoms with Crippen molar-refractivity contribution in [2.24, 2.45) is 5.41 Å². The van der Waals surface area contributed by atoms with Gasteiger partial charge in [0.25, 0.3) is 0 Å². The second-order valence-corrected chi connectivity index (χ2v) is 6.30. The van der Waals surface area contributed by atoms with Gasteiger partial charge in [-0.05, 0) is 24.0 Å². The fraction of sp³-hybridized carbons (Fsp3) is 0.467. The third-order valence-corrected chi connectivity index (χ3v) is 3.31. The lowest BCUT2D eigenvalue weighted by molar-refractivity contribution is -0.387. The smallest absolute Gasteiger partial charge is 0.313 e. The van der Waals surface area contributed by atoms with E-state index in [1.807, 2.05) is 20.8 Å². The van der Waals surface area contributed by atoms with Gasteiger partial charge in [0.05, 0.1) is 11.0 Å². The Kier molecular flexibility index (Phi) is 6.35. The fourth-order valence-corrected chi connectivity index (χ4v) is 1.75. The van der Waals surface area contributed by atoms with Crippen molar-refractivity contribution in [3.8, 4) is 0 Å². The molecule has 3 N–H and O–H groups in total. The minimum Gasteiger partial charge on any atom is -0.393 e. The molecule has 132 valence electrons. The third kappa shape index (κ3) is 5.58. The molecule has 0 heterocycles. The SMILES string of the molecule is CC(C)(C)C(O)CCNC(=O)C(=O)Nc1ccc(F)c([N+](=O)[O-])c1. The highest BCUT2D eigenvalue weighted by atomic mass is 19.1. The summed E-state index contributed by atoms with van der Waals surface area (Å²) < 4.78 is 13.2. The Labute approximate surface area is 138 Å². The van der Waals surface area contributed by atoms with Gasteiger partial charge < -0.3 is 15.7 Å². The van der Waals surface area contributed by atoms with E-state index in [1.165, 1.54) is 0 Å². The summed E-state index contributed by atoms with van der Waals surface area (Å²) in [5.74, 6) is -3.04. The normalized spacial score (nSPS) is 12.4. The van der Waals surface area contributed by atoms with Gasteiger partial charge in [0.15, 0.2) is 0 Å². The topological polar surface area (TPSA) is 122 Å². The number of hydrogen-bond acceptors (Lipinski definition) is 5. The Hall–Kier alpha value is -2.55. The number of amides is 2. The van der Waals surface area contributed by atoms with E-state index in [-0.39, 0.29) is 24.1 Å². The van der Waals surface area contributed by atoms with Crippen molar-refractivity contribution in [3.63, 3.8) is 0 Å². The highest BCUT2D eigenvalue weighted by molar-refractivity contribution is 6.39. The van der Waals surface area contributed by atoms with Crippen LogP contribution >= 0.6 is 0 Å². The number of aliphatic hydroxyl groups is 1. The second kappa shape index (κ2) is 7.82. The lowest BCUT2D eigenvalue weighted by Gasteiger charge is -2.25. The Morgan fingerprint density at radius 1 is 1.33 bits per heavy atom. The van der Waals surface area contributed by atoms with E-state index in [9.17, 15) is 29.2 Å². The molecule has 8 nitrogen and oxygen atoms in total. The maximum atomic E-state index is 13.2. The second-order valence-electron chi connectivity index (χ2n) is 6.30. The van der Waals surface area contributed by atoms with E-state index in [1.54, 1.807) is 0 Å². The highest BCUT2D eigenvalue weighted by Crippen LogP contribution is 2.22. The summed E-state index contributed by atoms with van der Waals surface area (Å²) in [6, 6.07) is 2.76. The van der Waals surface area contributed by atoms with Gasteiger partial charge in [-0.3, -0.25) is 19.7 Å². The van der Waals surface area contributed by atoms with Gasteiger partial charge in [0.2, 0.25) is 5.82 Å².